The lowest BCUT2D eigenvalue weighted by molar-refractivity contribution is 0.207. The summed E-state index contributed by atoms with van der Waals surface area (Å²) in [6.45, 7) is 6.81. The zero-order valence-electron chi connectivity index (χ0n) is 11.6. The van der Waals surface area contributed by atoms with Gasteiger partial charge in [-0.1, -0.05) is 6.42 Å². The van der Waals surface area contributed by atoms with Crippen LogP contribution in [0.4, 0.5) is 0 Å². The Kier molecular flexibility index (Phi) is 7.71. The van der Waals surface area contributed by atoms with Crippen molar-refractivity contribution in [3.63, 3.8) is 0 Å². The third kappa shape index (κ3) is 6.18. The van der Waals surface area contributed by atoms with Crippen LogP contribution >= 0.6 is 0 Å². The summed E-state index contributed by atoms with van der Waals surface area (Å²) >= 11 is 0. The molecule has 0 aliphatic carbocycles. The van der Waals surface area contributed by atoms with Gasteiger partial charge in [0.25, 0.3) is 0 Å². The van der Waals surface area contributed by atoms with E-state index in [1.807, 2.05) is 0 Å². The molecule has 0 spiro atoms. The SMILES string of the molecule is COCCN=C(NN)NC(C)CN1CCCCC1. The van der Waals surface area contributed by atoms with Gasteiger partial charge in [-0.25, -0.2) is 10.8 Å². The van der Waals surface area contributed by atoms with Crippen LogP contribution in [0.3, 0.4) is 0 Å². The van der Waals surface area contributed by atoms with E-state index in [1.165, 1.54) is 32.4 Å². The lowest BCUT2D eigenvalue weighted by Crippen LogP contribution is -2.50. The number of ether oxygens (including phenoxy) is 1. The van der Waals surface area contributed by atoms with Crippen LogP contribution < -0.4 is 16.6 Å². The van der Waals surface area contributed by atoms with Gasteiger partial charge in [0.05, 0.1) is 13.2 Å². The van der Waals surface area contributed by atoms with Gasteiger partial charge in [0, 0.05) is 19.7 Å². The molecular formula is C12H27N5O. The lowest BCUT2D eigenvalue weighted by Gasteiger charge is -2.29. The minimum absolute atomic E-state index is 0.334. The number of hydrogen-bond donors (Lipinski definition) is 3. The first-order valence-corrected chi connectivity index (χ1v) is 6.75. The molecule has 1 saturated heterocycles. The summed E-state index contributed by atoms with van der Waals surface area (Å²) in [7, 11) is 1.66. The van der Waals surface area contributed by atoms with E-state index in [0.29, 0.717) is 25.2 Å². The molecule has 0 aromatic rings. The van der Waals surface area contributed by atoms with Crippen molar-refractivity contribution in [3.8, 4) is 0 Å². The molecule has 1 unspecified atom stereocenters. The topological polar surface area (TPSA) is 74.9 Å². The van der Waals surface area contributed by atoms with Crippen molar-refractivity contribution >= 4 is 5.96 Å². The quantitative estimate of drug-likeness (QED) is 0.204. The summed E-state index contributed by atoms with van der Waals surface area (Å²) in [5.41, 5.74) is 2.59. The van der Waals surface area contributed by atoms with Crippen molar-refractivity contribution in [2.45, 2.75) is 32.2 Å². The minimum Gasteiger partial charge on any atom is -0.383 e. The van der Waals surface area contributed by atoms with E-state index in [0.717, 1.165) is 6.54 Å². The van der Waals surface area contributed by atoms with Crippen LogP contribution in [0.1, 0.15) is 26.2 Å². The number of piperidine rings is 1. The Balaban J connectivity index is 2.27. The summed E-state index contributed by atoms with van der Waals surface area (Å²) in [4.78, 5) is 6.78. The Morgan fingerprint density at radius 2 is 2.11 bits per heavy atom. The van der Waals surface area contributed by atoms with Crippen LogP contribution in [-0.4, -0.2) is 56.8 Å². The van der Waals surface area contributed by atoms with E-state index in [1.54, 1.807) is 7.11 Å². The van der Waals surface area contributed by atoms with E-state index >= 15 is 0 Å². The molecule has 1 fully saturated rings. The number of likely N-dealkylation sites (tertiary alicyclic amines) is 1. The normalized spacial score (nSPS) is 19.6. The number of nitrogens with one attached hydrogen (secondary N) is 2. The third-order valence-electron chi connectivity index (χ3n) is 3.07. The van der Waals surface area contributed by atoms with E-state index < -0.39 is 0 Å². The fourth-order valence-electron chi connectivity index (χ4n) is 2.19. The Hall–Kier alpha value is -0.850. The van der Waals surface area contributed by atoms with Gasteiger partial charge in [0.1, 0.15) is 0 Å². The smallest absolute Gasteiger partial charge is 0.206 e. The first kappa shape index (κ1) is 15.2. The van der Waals surface area contributed by atoms with E-state index in [2.05, 4.69) is 27.6 Å². The van der Waals surface area contributed by atoms with E-state index in [-0.39, 0.29) is 0 Å². The average molecular weight is 257 g/mol. The zero-order valence-corrected chi connectivity index (χ0v) is 11.6. The maximum Gasteiger partial charge on any atom is 0.206 e. The van der Waals surface area contributed by atoms with Gasteiger partial charge < -0.3 is 15.0 Å². The molecule has 1 aliphatic heterocycles. The second kappa shape index (κ2) is 9.13. The number of methoxy groups -OCH3 is 1. The van der Waals surface area contributed by atoms with E-state index in [9.17, 15) is 0 Å². The Labute approximate surface area is 110 Å². The van der Waals surface area contributed by atoms with Crippen molar-refractivity contribution in [2.75, 3.05) is 39.9 Å². The molecule has 0 amide bonds. The maximum absolute atomic E-state index is 5.44. The number of rotatable bonds is 6. The fraction of sp³-hybridized carbons (Fsp3) is 0.917. The van der Waals surface area contributed by atoms with Crippen molar-refractivity contribution in [1.29, 1.82) is 0 Å². The monoisotopic (exact) mass is 257 g/mol. The molecule has 0 saturated carbocycles. The summed E-state index contributed by atoms with van der Waals surface area (Å²) in [5, 5.41) is 3.29. The first-order valence-electron chi connectivity index (χ1n) is 6.75. The van der Waals surface area contributed by atoms with Gasteiger partial charge in [-0.3, -0.25) is 5.43 Å². The number of guanidine groups is 1. The van der Waals surface area contributed by atoms with Crippen LogP contribution in [0.15, 0.2) is 4.99 Å². The molecule has 6 heteroatoms. The Morgan fingerprint density at radius 1 is 1.39 bits per heavy atom. The van der Waals surface area contributed by atoms with Gasteiger partial charge in [-0.2, -0.15) is 0 Å². The number of nitrogens with two attached hydrogens (primary N) is 1. The summed E-state index contributed by atoms with van der Waals surface area (Å²) in [5.74, 6) is 6.07. The third-order valence-corrected chi connectivity index (χ3v) is 3.07. The molecule has 106 valence electrons. The molecule has 18 heavy (non-hydrogen) atoms. The highest BCUT2D eigenvalue weighted by Crippen LogP contribution is 2.08. The van der Waals surface area contributed by atoms with Crippen molar-refractivity contribution in [2.24, 2.45) is 10.8 Å². The van der Waals surface area contributed by atoms with Crippen LogP contribution in [0, 0.1) is 0 Å². The van der Waals surface area contributed by atoms with Crippen LogP contribution in [-0.2, 0) is 4.74 Å². The molecule has 1 aliphatic rings. The van der Waals surface area contributed by atoms with Gasteiger partial charge in [-0.15, -0.1) is 0 Å². The minimum atomic E-state index is 0.334. The molecule has 0 bridgehead atoms. The molecule has 1 rings (SSSR count). The summed E-state index contributed by atoms with van der Waals surface area (Å²) in [6.07, 6.45) is 4.00. The van der Waals surface area contributed by atoms with Crippen molar-refractivity contribution in [3.05, 3.63) is 0 Å². The number of nitrogens with zero attached hydrogens (tertiary/aromatic N) is 2. The lowest BCUT2D eigenvalue weighted by atomic mass is 10.1. The number of aliphatic imine (C=N–C) groups is 1. The van der Waals surface area contributed by atoms with Gasteiger partial charge in [-0.05, 0) is 32.9 Å². The van der Waals surface area contributed by atoms with Crippen molar-refractivity contribution in [1.82, 2.24) is 15.6 Å². The second-order valence-corrected chi connectivity index (χ2v) is 4.77. The van der Waals surface area contributed by atoms with E-state index in [4.69, 9.17) is 10.6 Å². The Morgan fingerprint density at radius 3 is 2.72 bits per heavy atom. The predicted molar refractivity (Wildman–Crippen MR) is 74.4 cm³/mol. The van der Waals surface area contributed by atoms with Gasteiger partial charge in [0.15, 0.2) is 0 Å². The average Bonchev–Trinajstić information content (AvgIpc) is 2.39. The second-order valence-electron chi connectivity index (χ2n) is 4.77. The first-order chi connectivity index (χ1) is 8.76. The van der Waals surface area contributed by atoms with Gasteiger partial charge in [0.2, 0.25) is 5.96 Å². The Bertz CT molecular complexity index is 241. The fourth-order valence-corrected chi connectivity index (χ4v) is 2.19. The predicted octanol–water partition coefficient (Wildman–Crippen LogP) is -0.0839. The molecule has 4 N–H and O–H groups in total. The summed E-state index contributed by atoms with van der Waals surface area (Å²) < 4.78 is 4.95. The van der Waals surface area contributed by atoms with Crippen LogP contribution in [0.25, 0.3) is 0 Å². The zero-order chi connectivity index (χ0) is 13.2. The molecule has 0 aromatic heterocycles. The molecule has 6 nitrogen and oxygen atoms in total. The van der Waals surface area contributed by atoms with Crippen molar-refractivity contribution < 1.29 is 4.74 Å². The molecule has 1 heterocycles. The van der Waals surface area contributed by atoms with Crippen LogP contribution in [0.2, 0.25) is 0 Å². The molecule has 0 radical (unpaired) electrons. The number of hydrogen-bond acceptors (Lipinski definition) is 4. The molecule has 0 aromatic carbocycles. The summed E-state index contributed by atoms with van der Waals surface area (Å²) in [6, 6.07) is 0.334. The van der Waals surface area contributed by atoms with Gasteiger partial charge >= 0.3 is 0 Å². The van der Waals surface area contributed by atoms with Crippen LogP contribution in [0.5, 0.6) is 0 Å². The highest BCUT2D eigenvalue weighted by atomic mass is 16.5. The number of hydrazine groups is 1. The molecule has 1 atom stereocenters. The maximum atomic E-state index is 5.44. The standard InChI is InChI=1S/C12H27N5O/c1-11(10-17-7-4-3-5-8-17)15-12(16-13)14-6-9-18-2/h11H,3-10,13H2,1-2H3,(H2,14,15,16). The highest BCUT2D eigenvalue weighted by molar-refractivity contribution is 5.79. The largest absolute Gasteiger partial charge is 0.383 e. The highest BCUT2D eigenvalue weighted by Gasteiger charge is 2.13. The molecular weight excluding hydrogens is 230 g/mol.